The van der Waals surface area contributed by atoms with E-state index in [0.717, 1.165) is 18.5 Å². The highest BCUT2D eigenvalue weighted by Gasteiger charge is 2.27. The van der Waals surface area contributed by atoms with Crippen molar-refractivity contribution < 1.29 is 4.79 Å². The second-order valence-electron chi connectivity index (χ2n) is 6.01. The highest BCUT2D eigenvalue weighted by atomic mass is 16.2. The van der Waals surface area contributed by atoms with Crippen LogP contribution in [0.3, 0.4) is 0 Å². The number of carbonyl (C=O) groups is 1. The fraction of sp³-hybridized carbons (Fsp3) is 0.733. The molecule has 1 rings (SSSR count). The summed E-state index contributed by atoms with van der Waals surface area (Å²) in [7, 11) is 0. The molecule has 0 saturated carbocycles. The van der Waals surface area contributed by atoms with E-state index in [1.165, 1.54) is 0 Å². The van der Waals surface area contributed by atoms with Gasteiger partial charge in [-0.25, -0.2) is 0 Å². The second-order valence-corrected chi connectivity index (χ2v) is 6.01. The topological polar surface area (TPSA) is 72.9 Å². The smallest absolute Gasteiger partial charge is 0.270 e. The summed E-state index contributed by atoms with van der Waals surface area (Å²) in [6.07, 6.45) is 1.68. The molecule has 20 heavy (non-hydrogen) atoms. The van der Waals surface area contributed by atoms with Crippen molar-refractivity contribution in [3.63, 3.8) is 0 Å². The zero-order valence-electron chi connectivity index (χ0n) is 13.4. The van der Waals surface area contributed by atoms with E-state index in [-0.39, 0.29) is 11.4 Å². The van der Waals surface area contributed by atoms with Gasteiger partial charge in [-0.05, 0) is 38.7 Å². The number of amides is 1. The van der Waals surface area contributed by atoms with E-state index < -0.39 is 0 Å². The SMILES string of the molecule is CCc1cc(C(=O)NC(C)(CN)CC(C)C)n(CC)n1. The van der Waals surface area contributed by atoms with Crippen molar-refractivity contribution in [2.75, 3.05) is 6.54 Å². The van der Waals surface area contributed by atoms with Crippen LogP contribution in [0.25, 0.3) is 0 Å². The fourth-order valence-corrected chi connectivity index (χ4v) is 2.49. The summed E-state index contributed by atoms with van der Waals surface area (Å²) in [6.45, 7) is 11.4. The van der Waals surface area contributed by atoms with Crippen LogP contribution >= 0.6 is 0 Å². The molecule has 0 aliphatic carbocycles. The van der Waals surface area contributed by atoms with Gasteiger partial charge in [0.1, 0.15) is 5.69 Å². The van der Waals surface area contributed by atoms with Gasteiger partial charge in [0.2, 0.25) is 0 Å². The molecule has 1 unspecified atom stereocenters. The Morgan fingerprint density at radius 2 is 2.15 bits per heavy atom. The highest BCUT2D eigenvalue weighted by molar-refractivity contribution is 5.93. The maximum Gasteiger partial charge on any atom is 0.270 e. The Labute approximate surface area is 121 Å². The Balaban J connectivity index is 2.91. The predicted octanol–water partition coefficient (Wildman–Crippen LogP) is 1.96. The van der Waals surface area contributed by atoms with Crippen LogP contribution in [0, 0.1) is 5.92 Å². The molecule has 3 N–H and O–H groups in total. The standard InChI is InChI=1S/C15H28N4O/c1-6-12-8-13(19(7-2)18-12)14(20)17-15(5,10-16)9-11(3)4/h8,11H,6-7,9-10,16H2,1-5H3,(H,17,20). The zero-order valence-corrected chi connectivity index (χ0v) is 13.4. The average molecular weight is 280 g/mol. The minimum atomic E-state index is -0.375. The van der Waals surface area contributed by atoms with Crippen molar-refractivity contribution in [1.29, 1.82) is 0 Å². The first-order valence-electron chi connectivity index (χ1n) is 7.44. The molecule has 0 spiro atoms. The van der Waals surface area contributed by atoms with Gasteiger partial charge in [0.05, 0.1) is 11.2 Å². The molecule has 5 nitrogen and oxygen atoms in total. The number of rotatable bonds is 7. The molecule has 0 aliphatic heterocycles. The van der Waals surface area contributed by atoms with Gasteiger partial charge in [0.25, 0.3) is 5.91 Å². The molecule has 1 amide bonds. The summed E-state index contributed by atoms with van der Waals surface area (Å²) >= 11 is 0. The average Bonchev–Trinajstić information content (AvgIpc) is 2.81. The lowest BCUT2D eigenvalue weighted by atomic mass is 9.90. The molecule has 114 valence electrons. The Hall–Kier alpha value is -1.36. The number of carbonyl (C=O) groups excluding carboxylic acids is 1. The number of nitrogens with one attached hydrogen (secondary N) is 1. The number of nitrogens with two attached hydrogens (primary N) is 1. The van der Waals surface area contributed by atoms with Gasteiger partial charge < -0.3 is 11.1 Å². The third-order valence-electron chi connectivity index (χ3n) is 3.45. The van der Waals surface area contributed by atoms with Crippen LogP contribution in [0.1, 0.15) is 57.2 Å². The third kappa shape index (κ3) is 4.07. The summed E-state index contributed by atoms with van der Waals surface area (Å²) < 4.78 is 1.75. The Morgan fingerprint density at radius 1 is 1.50 bits per heavy atom. The van der Waals surface area contributed by atoms with Gasteiger partial charge in [-0.3, -0.25) is 9.48 Å². The van der Waals surface area contributed by atoms with Gasteiger partial charge in [-0.1, -0.05) is 20.8 Å². The van der Waals surface area contributed by atoms with E-state index in [2.05, 4.69) is 24.3 Å². The van der Waals surface area contributed by atoms with E-state index in [0.29, 0.717) is 24.7 Å². The van der Waals surface area contributed by atoms with E-state index >= 15 is 0 Å². The van der Waals surface area contributed by atoms with Crippen LogP contribution in [-0.2, 0) is 13.0 Å². The maximum absolute atomic E-state index is 12.5. The summed E-state index contributed by atoms with van der Waals surface area (Å²) in [5, 5.41) is 7.49. The summed E-state index contributed by atoms with van der Waals surface area (Å²) in [5.41, 5.74) is 7.03. The normalized spacial score (nSPS) is 14.3. The molecule has 1 aromatic rings. The van der Waals surface area contributed by atoms with Crippen LogP contribution < -0.4 is 11.1 Å². The summed E-state index contributed by atoms with van der Waals surface area (Å²) in [4.78, 5) is 12.5. The van der Waals surface area contributed by atoms with Crippen LogP contribution in [-0.4, -0.2) is 27.8 Å². The quantitative estimate of drug-likeness (QED) is 0.802. The molecular formula is C15H28N4O. The number of aryl methyl sites for hydroxylation is 2. The molecular weight excluding hydrogens is 252 g/mol. The largest absolute Gasteiger partial charge is 0.344 e. The fourth-order valence-electron chi connectivity index (χ4n) is 2.49. The zero-order chi connectivity index (χ0) is 15.3. The molecule has 0 radical (unpaired) electrons. The molecule has 1 heterocycles. The minimum Gasteiger partial charge on any atom is -0.344 e. The molecule has 0 aromatic carbocycles. The molecule has 0 bridgehead atoms. The van der Waals surface area contributed by atoms with Crippen molar-refractivity contribution in [2.45, 2.75) is 59.5 Å². The number of nitrogens with zero attached hydrogens (tertiary/aromatic N) is 2. The molecule has 5 heteroatoms. The summed E-state index contributed by atoms with van der Waals surface area (Å²) in [6, 6.07) is 1.87. The highest BCUT2D eigenvalue weighted by Crippen LogP contribution is 2.16. The van der Waals surface area contributed by atoms with Crippen LogP contribution in [0.5, 0.6) is 0 Å². The minimum absolute atomic E-state index is 0.0901. The lowest BCUT2D eigenvalue weighted by Gasteiger charge is -2.31. The molecule has 0 fully saturated rings. The van der Waals surface area contributed by atoms with Gasteiger partial charge in [-0.15, -0.1) is 0 Å². The Morgan fingerprint density at radius 3 is 2.60 bits per heavy atom. The van der Waals surface area contributed by atoms with Crippen molar-refractivity contribution >= 4 is 5.91 Å². The van der Waals surface area contributed by atoms with E-state index in [9.17, 15) is 4.79 Å². The van der Waals surface area contributed by atoms with Crippen LogP contribution in [0.2, 0.25) is 0 Å². The Bertz CT molecular complexity index is 453. The predicted molar refractivity (Wildman–Crippen MR) is 81.7 cm³/mol. The van der Waals surface area contributed by atoms with E-state index in [1.54, 1.807) is 4.68 Å². The molecule has 0 aliphatic rings. The second kappa shape index (κ2) is 6.88. The summed E-state index contributed by atoms with van der Waals surface area (Å²) in [5.74, 6) is 0.388. The van der Waals surface area contributed by atoms with Gasteiger partial charge in [0.15, 0.2) is 0 Å². The van der Waals surface area contributed by atoms with Crippen molar-refractivity contribution in [3.05, 3.63) is 17.5 Å². The van der Waals surface area contributed by atoms with Crippen LogP contribution in [0.4, 0.5) is 0 Å². The van der Waals surface area contributed by atoms with Gasteiger partial charge in [-0.2, -0.15) is 5.10 Å². The van der Waals surface area contributed by atoms with E-state index in [4.69, 9.17) is 5.73 Å². The number of hydrogen-bond donors (Lipinski definition) is 2. The van der Waals surface area contributed by atoms with E-state index in [1.807, 2.05) is 26.8 Å². The monoisotopic (exact) mass is 280 g/mol. The number of aromatic nitrogens is 2. The molecule has 1 aromatic heterocycles. The van der Waals surface area contributed by atoms with Crippen molar-refractivity contribution in [3.8, 4) is 0 Å². The lowest BCUT2D eigenvalue weighted by molar-refractivity contribution is 0.0887. The lowest BCUT2D eigenvalue weighted by Crippen LogP contribution is -2.52. The maximum atomic E-state index is 12.5. The third-order valence-corrected chi connectivity index (χ3v) is 3.45. The van der Waals surface area contributed by atoms with Crippen LogP contribution in [0.15, 0.2) is 6.07 Å². The van der Waals surface area contributed by atoms with Gasteiger partial charge in [0, 0.05) is 13.1 Å². The molecule has 1 atom stereocenters. The van der Waals surface area contributed by atoms with Gasteiger partial charge >= 0.3 is 0 Å². The first kappa shape index (κ1) is 16.7. The molecule has 0 saturated heterocycles. The van der Waals surface area contributed by atoms with Crippen molar-refractivity contribution in [1.82, 2.24) is 15.1 Å². The van der Waals surface area contributed by atoms with Crippen molar-refractivity contribution in [2.24, 2.45) is 11.7 Å². The number of hydrogen-bond acceptors (Lipinski definition) is 3. The first-order chi connectivity index (χ1) is 9.35. The first-order valence-corrected chi connectivity index (χ1v) is 7.44. The Kier molecular flexibility index (Phi) is 5.74.